The van der Waals surface area contributed by atoms with Gasteiger partial charge in [-0.25, -0.2) is 10.9 Å². The fraction of sp³-hybridized carbons (Fsp3) is 0.333. The molecule has 1 aliphatic heterocycles. The van der Waals surface area contributed by atoms with Gasteiger partial charge >= 0.3 is 0 Å². The average Bonchev–Trinajstić information content (AvgIpc) is 2.82. The van der Waals surface area contributed by atoms with Gasteiger partial charge in [0.2, 0.25) is 11.8 Å². The Hall–Kier alpha value is -2.90. The molecule has 2 amide bonds. The summed E-state index contributed by atoms with van der Waals surface area (Å²) in [6.45, 7) is 3.92. The Bertz CT molecular complexity index is 669. The van der Waals surface area contributed by atoms with Crippen LogP contribution in [0, 0.1) is 5.92 Å². The molecule has 1 unspecified atom stereocenters. The maximum Gasteiger partial charge on any atom is 0.249 e. The fourth-order valence-electron chi connectivity index (χ4n) is 2.02. The van der Waals surface area contributed by atoms with Crippen LogP contribution in [0.1, 0.15) is 25.8 Å². The lowest BCUT2D eigenvalue weighted by Crippen LogP contribution is -2.29. The Morgan fingerprint density at radius 1 is 1.57 bits per heavy atom. The van der Waals surface area contributed by atoms with Crippen LogP contribution in [0.2, 0.25) is 0 Å². The molecule has 0 aromatic heterocycles. The van der Waals surface area contributed by atoms with Crippen LogP contribution in [0.3, 0.4) is 0 Å². The van der Waals surface area contributed by atoms with E-state index < -0.39 is 5.92 Å². The Morgan fingerprint density at radius 3 is 3.00 bits per heavy atom. The first kappa shape index (κ1) is 16.5. The minimum atomic E-state index is -0.552. The molecule has 1 aliphatic rings. The molecule has 0 fully saturated rings. The van der Waals surface area contributed by atoms with E-state index >= 15 is 0 Å². The number of hydrogen-bond donors (Lipinski definition) is 3. The number of benzene rings is 1. The summed E-state index contributed by atoms with van der Waals surface area (Å²) in [7, 11) is 0. The third-order valence-electron chi connectivity index (χ3n) is 3.24. The van der Waals surface area contributed by atoms with Crippen molar-refractivity contribution in [2.75, 3.05) is 6.61 Å². The molecule has 122 valence electrons. The van der Waals surface area contributed by atoms with Gasteiger partial charge in [0.25, 0.3) is 0 Å². The zero-order valence-corrected chi connectivity index (χ0v) is 12.9. The van der Waals surface area contributed by atoms with Crippen LogP contribution in [0.15, 0.2) is 28.4 Å². The second-order valence-electron chi connectivity index (χ2n) is 4.94. The molecular formula is C15H18N4O4. The van der Waals surface area contributed by atoms with E-state index in [1.54, 1.807) is 19.1 Å². The number of carbonyl (C=O) groups is 2. The Balaban J connectivity index is 1.91. The third kappa shape index (κ3) is 4.29. The van der Waals surface area contributed by atoms with Gasteiger partial charge in [-0.2, -0.15) is 10.2 Å². The Kier molecular flexibility index (Phi) is 5.29. The molecule has 23 heavy (non-hydrogen) atoms. The van der Waals surface area contributed by atoms with Gasteiger partial charge in [-0.05, 0) is 37.6 Å². The van der Waals surface area contributed by atoms with Gasteiger partial charge in [0.05, 0.1) is 18.7 Å². The molecule has 3 N–H and O–H groups in total. The van der Waals surface area contributed by atoms with Crippen LogP contribution in [0.5, 0.6) is 11.5 Å². The van der Waals surface area contributed by atoms with E-state index in [9.17, 15) is 14.7 Å². The molecule has 8 nitrogen and oxygen atoms in total. The van der Waals surface area contributed by atoms with E-state index in [0.717, 1.165) is 0 Å². The number of nitrogens with zero attached hydrogens (tertiary/aromatic N) is 2. The lowest BCUT2D eigenvalue weighted by molar-refractivity contribution is -0.127. The standard InChI is InChI=1S/C15H18N4O4/c1-3-23-13-6-10(4-5-12(13)20)8-16-18-14(21)7-11-9(2)17-19-15(11)22/h4-6,8,11,20H,3,7H2,1-2H3,(H,18,21)(H,19,22)/b16-8+. The van der Waals surface area contributed by atoms with Crippen LogP contribution in [0.4, 0.5) is 0 Å². The lowest BCUT2D eigenvalue weighted by Gasteiger charge is -2.07. The number of phenols is 1. The van der Waals surface area contributed by atoms with Gasteiger partial charge in [-0.15, -0.1) is 0 Å². The van der Waals surface area contributed by atoms with E-state index in [1.165, 1.54) is 12.3 Å². The van der Waals surface area contributed by atoms with Gasteiger partial charge in [-0.3, -0.25) is 9.59 Å². The van der Waals surface area contributed by atoms with Crippen molar-refractivity contribution < 1.29 is 19.4 Å². The first-order chi connectivity index (χ1) is 11.0. The van der Waals surface area contributed by atoms with Crippen molar-refractivity contribution in [3.8, 4) is 11.5 Å². The second kappa shape index (κ2) is 7.39. The highest BCUT2D eigenvalue weighted by Gasteiger charge is 2.28. The molecule has 0 saturated heterocycles. The molecule has 0 aliphatic carbocycles. The molecule has 2 rings (SSSR count). The maximum atomic E-state index is 11.8. The molecule has 1 aromatic rings. The summed E-state index contributed by atoms with van der Waals surface area (Å²) in [6.07, 6.45) is 1.41. The highest BCUT2D eigenvalue weighted by atomic mass is 16.5. The van der Waals surface area contributed by atoms with E-state index in [4.69, 9.17) is 4.74 Å². The Morgan fingerprint density at radius 2 is 2.35 bits per heavy atom. The minimum absolute atomic E-state index is 0.0156. The highest BCUT2D eigenvalue weighted by Crippen LogP contribution is 2.26. The molecule has 8 heteroatoms. The van der Waals surface area contributed by atoms with Gasteiger partial charge in [-0.1, -0.05) is 0 Å². The van der Waals surface area contributed by atoms with Gasteiger partial charge < -0.3 is 9.84 Å². The normalized spacial score (nSPS) is 17.0. The maximum absolute atomic E-state index is 11.8. The van der Waals surface area contributed by atoms with Crippen LogP contribution >= 0.6 is 0 Å². The zero-order valence-electron chi connectivity index (χ0n) is 12.9. The smallest absolute Gasteiger partial charge is 0.249 e. The summed E-state index contributed by atoms with van der Waals surface area (Å²) in [6, 6.07) is 4.72. The second-order valence-corrected chi connectivity index (χ2v) is 4.94. The molecule has 1 aromatic carbocycles. The molecule has 0 saturated carbocycles. The van der Waals surface area contributed by atoms with E-state index in [-0.39, 0.29) is 24.0 Å². The Labute approximate surface area is 133 Å². The predicted octanol–water partition coefficient (Wildman–Crippen LogP) is 0.753. The number of hydrogen-bond acceptors (Lipinski definition) is 6. The first-order valence-corrected chi connectivity index (χ1v) is 7.13. The summed E-state index contributed by atoms with van der Waals surface area (Å²) in [4.78, 5) is 23.2. The number of carbonyl (C=O) groups excluding carboxylic acids is 2. The zero-order chi connectivity index (χ0) is 16.8. The number of amides is 2. The van der Waals surface area contributed by atoms with Crippen molar-refractivity contribution in [2.24, 2.45) is 16.1 Å². The number of nitrogens with one attached hydrogen (secondary N) is 2. The van der Waals surface area contributed by atoms with E-state index in [1.807, 2.05) is 6.92 Å². The van der Waals surface area contributed by atoms with Crippen molar-refractivity contribution in [1.82, 2.24) is 10.9 Å². The summed E-state index contributed by atoms with van der Waals surface area (Å²) >= 11 is 0. The topological polar surface area (TPSA) is 112 Å². The van der Waals surface area contributed by atoms with Crippen molar-refractivity contribution in [3.63, 3.8) is 0 Å². The van der Waals surface area contributed by atoms with Crippen LogP contribution in [0.25, 0.3) is 0 Å². The van der Waals surface area contributed by atoms with Crippen LogP contribution in [-0.4, -0.2) is 35.5 Å². The van der Waals surface area contributed by atoms with Gasteiger partial charge in [0.1, 0.15) is 0 Å². The van der Waals surface area contributed by atoms with Crippen molar-refractivity contribution >= 4 is 23.7 Å². The van der Waals surface area contributed by atoms with Crippen LogP contribution in [-0.2, 0) is 9.59 Å². The van der Waals surface area contributed by atoms with Gasteiger partial charge in [0, 0.05) is 12.1 Å². The molecule has 0 radical (unpaired) electrons. The number of hydrazone groups is 2. The van der Waals surface area contributed by atoms with Crippen molar-refractivity contribution in [2.45, 2.75) is 20.3 Å². The minimum Gasteiger partial charge on any atom is -0.504 e. The summed E-state index contributed by atoms with van der Waals surface area (Å²) in [5, 5.41) is 17.2. The average molecular weight is 318 g/mol. The summed E-state index contributed by atoms with van der Waals surface area (Å²) < 4.78 is 5.26. The quantitative estimate of drug-likeness (QED) is 0.531. The lowest BCUT2D eigenvalue weighted by atomic mass is 10.0. The third-order valence-corrected chi connectivity index (χ3v) is 3.24. The van der Waals surface area contributed by atoms with E-state index in [2.05, 4.69) is 21.1 Å². The number of rotatable bonds is 6. The van der Waals surface area contributed by atoms with Crippen molar-refractivity contribution in [1.29, 1.82) is 0 Å². The molecule has 1 atom stereocenters. The molecule has 0 spiro atoms. The summed E-state index contributed by atoms with van der Waals surface area (Å²) in [5.74, 6) is -0.848. The van der Waals surface area contributed by atoms with Crippen LogP contribution < -0.4 is 15.6 Å². The highest BCUT2D eigenvalue weighted by molar-refractivity contribution is 6.09. The number of phenolic OH excluding ortho intramolecular Hbond substituents is 1. The monoisotopic (exact) mass is 318 g/mol. The fourth-order valence-corrected chi connectivity index (χ4v) is 2.02. The first-order valence-electron chi connectivity index (χ1n) is 7.13. The predicted molar refractivity (Wildman–Crippen MR) is 84.4 cm³/mol. The molecule has 0 bridgehead atoms. The number of aromatic hydroxyl groups is 1. The molecule has 1 heterocycles. The summed E-state index contributed by atoms with van der Waals surface area (Å²) in [5.41, 5.74) is 5.91. The molecular weight excluding hydrogens is 300 g/mol. The SMILES string of the molecule is CCOc1cc(/C=N/NC(=O)CC2C(=O)NN=C2C)ccc1O. The van der Waals surface area contributed by atoms with E-state index in [0.29, 0.717) is 23.6 Å². The largest absolute Gasteiger partial charge is 0.504 e. The van der Waals surface area contributed by atoms with Crippen molar-refractivity contribution in [3.05, 3.63) is 23.8 Å². The number of ether oxygens (including phenoxy) is 1. The van der Waals surface area contributed by atoms with Gasteiger partial charge in [0.15, 0.2) is 11.5 Å².